The lowest BCUT2D eigenvalue weighted by molar-refractivity contribution is 0.362. The summed E-state index contributed by atoms with van der Waals surface area (Å²) in [7, 11) is 3.16. The van der Waals surface area contributed by atoms with Gasteiger partial charge in [-0.1, -0.05) is 37.3 Å². The predicted molar refractivity (Wildman–Crippen MR) is 79.8 cm³/mol. The van der Waals surface area contributed by atoms with Crippen LogP contribution >= 0.6 is 0 Å². The minimum atomic E-state index is 0.0935. The second-order valence-corrected chi connectivity index (χ2v) is 4.64. The molecule has 0 fully saturated rings. The van der Waals surface area contributed by atoms with Gasteiger partial charge in [-0.25, -0.2) is 0 Å². The molecule has 0 aliphatic heterocycles. The molecule has 1 atom stereocenters. The Morgan fingerprint density at radius 1 is 1.00 bits per heavy atom. The van der Waals surface area contributed by atoms with E-state index < -0.39 is 0 Å². The van der Waals surface area contributed by atoms with Crippen LogP contribution in [0.2, 0.25) is 0 Å². The number of rotatable bonds is 5. The van der Waals surface area contributed by atoms with E-state index in [1.165, 1.54) is 5.56 Å². The third-order valence-electron chi connectivity index (χ3n) is 3.52. The quantitative estimate of drug-likeness (QED) is 0.895. The molecule has 2 aromatic rings. The normalized spacial score (nSPS) is 11.9. The maximum Gasteiger partial charge on any atom is 0.161 e. The molecular weight excluding hydrogens is 252 g/mol. The maximum atomic E-state index is 9.87. The number of methoxy groups -OCH3 is 2. The summed E-state index contributed by atoms with van der Waals surface area (Å²) in [6, 6.07) is 13.7. The first-order valence-electron chi connectivity index (χ1n) is 6.71. The van der Waals surface area contributed by atoms with E-state index >= 15 is 0 Å². The number of ether oxygens (including phenoxy) is 2. The van der Waals surface area contributed by atoms with Crippen molar-refractivity contribution in [1.82, 2.24) is 0 Å². The monoisotopic (exact) mass is 272 g/mol. The largest absolute Gasteiger partial charge is 0.504 e. The fourth-order valence-corrected chi connectivity index (χ4v) is 2.50. The van der Waals surface area contributed by atoms with Gasteiger partial charge >= 0.3 is 0 Å². The fraction of sp³-hybridized carbons (Fsp3) is 0.294. The van der Waals surface area contributed by atoms with E-state index in [0.717, 1.165) is 12.0 Å². The van der Waals surface area contributed by atoms with Crippen LogP contribution in [0.4, 0.5) is 0 Å². The van der Waals surface area contributed by atoms with Crippen molar-refractivity contribution in [1.29, 1.82) is 0 Å². The molecule has 2 aromatic carbocycles. The van der Waals surface area contributed by atoms with Crippen LogP contribution in [0.5, 0.6) is 17.2 Å². The van der Waals surface area contributed by atoms with Crippen LogP contribution in [0.25, 0.3) is 0 Å². The van der Waals surface area contributed by atoms with E-state index in [1.54, 1.807) is 20.3 Å². The molecule has 2 rings (SSSR count). The second kappa shape index (κ2) is 6.33. The highest BCUT2D eigenvalue weighted by atomic mass is 16.5. The van der Waals surface area contributed by atoms with Crippen LogP contribution in [-0.4, -0.2) is 19.3 Å². The average molecular weight is 272 g/mol. The number of benzene rings is 2. The molecule has 0 bridgehead atoms. The molecule has 20 heavy (non-hydrogen) atoms. The number of phenolic OH excluding ortho intramolecular Hbond substituents is 1. The highest BCUT2D eigenvalue weighted by Gasteiger charge is 2.19. The van der Waals surface area contributed by atoms with Gasteiger partial charge in [-0.05, 0) is 18.1 Å². The molecule has 0 aliphatic rings. The van der Waals surface area contributed by atoms with Crippen molar-refractivity contribution in [2.24, 2.45) is 0 Å². The molecule has 0 saturated heterocycles. The summed E-state index contributed by atoms with van der Waals surface area (Å²) in [5, 5.41) is 9.87. The van der Waals surface area contributed by atoms with Crippen LogP contribution in [0.1, 0.15) is 30.4 Å². The number of aromatic hydroxyl groups is 1. The van der Waals surface area contributed by atoms with Crippen molar-refractivity contribution in [2.45, 2.75) is 19.3 Å². The van der Waals surface area contributed by atoms with Gasteiger partial charge in [0.1, 0.15) is 5.75 Å². The highest BCUT2D eigenvalue weighted by Crippen LogP contribution is 2.40. The van der Waals surface area contributed by atoms with Crippen LogP contribution in [0.15, 0.2) is 42.5 Å². The van der Waals surface area contributed by atoms with Crippen LogP contribution in [-0.2, 0) is 0 Å². The van der Waals surface area contributed by atoms with Gasteiger partial charge in [0.25, 0.3) is 0 Å². The van der Waals surface area contributed by atoms with Crippen molar-refractivity contribution in [3.05, 3.63) is 53.6 Å². The van der Waals surface area contributed by atoms with E-state index in [1.807, 2.05) is 24.3 Å². The Bertz CT molecular complexity index is 564. The maximum absolute atomic E-state index is 9.87. The zero-order valence-electron chi connectivity index (χ0n) is 12.1. The van der Waals surface area contributed by atoms with Crippen LogP contribution in [0.3, 0.4) is 0 Å². The zero-order valence-corrected chi connectivity index (χ0v) is 12.1. The first-order valence-corrected chi connectivity index (χ1v) is 6.71. The number of phenols is 1. The first kappa shape index (κ1) is 14.3. The lowest BCUT2D eigenvalue weighted by atomic mass is 9.88. The summed E-state index contributed by atoms with van der Waals surface area (Å²) < 4.78 is 10.6. The van der Waals surface area contributed by atoms with Gasteiger partial charge in [-0.3, -0.25) is 0 Å². The summed E-state index contributed by atoms with van der Waals surface area (Å²) in [5.74, 6) is 1.45. The minimum Gasteiger partial charge on any atom is -0.504 e. The molecule has 3 nitrogen and oxygen atoms in total. The van der Waals surface area contributed by atoms with Gasteiger partial charge in [0.05, 0.1) is 14.2 Å². The summed E-state index contributed by atoms with van der Waals surface area (Å²) in [4.78, 5) is 0. The Morgan fingerprint density at radius 2 is 1.65 bits per heavy atom. The molecule has 1 N–H and O–H groups in total. The van der Waals surface area contributed by atoms with Gasteiger partial charge in [-0.2, -0.15) is 0 Å². The lowest BCUT2D eigenvalue weighted by Crippen LogP contribution is -2.03. The van der Waals surface area contributed by atoms with E-state index in [4.69, 9.17) is 9.47 Å². The third kappa shape index (κ3) is 2.72. The Kier molecular flexibility index (Phi) is 4.51. The molecule has 106 valence electrons. The molecule has 1 unspecified atom stereocenters. The molecular formula is C17H20O3. The molecule has 0 heterocycles. The lowest BCUT2D eigenvalue weighted by Gasteiger charge is -2.20. The zero-order chi connectivity index (χ0) is 14.5. The standard InChI is InChI=1S/C17H20O3/c1-4-13(12-8-6-5-7-9-12)14-10-17(20-3)15(18)11-16(14)19-2/h5-11,13,18H,4H2,1-3H3. The van der Waals surface area contributed by atoms with E-state index in [2.05, 4.69) is 19.1 Å². The van der Waals surface area contributed by atoms with Gasteiger partial charge < -0.3 is 14.6 Å². The summed E-state index contributed by atoms with van der Waals surface area (Å²) in [5.41, 5.74) is 2.25. The van der Waals surface area contributed by atoms with Crippen LogP contribution in [0, 0.1) is 0 Å². The van der Waals surface area contributed by atoms with Crippen LogP contribution < -0.4 is 9.47 Å². The molecule has 0 aliphatic carbocycles. The van der Waals surface area contributed by atoms with E-state index in [9.17, 15) is 5.11 Å². The Labute approximate surface area is 119 Å². The van der Waals surface area contributed by atoms with Gasteiger partial charge in [0, 0.05) is 17.5 Å². The minimum absolute atomic E-state index is 0.0935. The van der Waals surface area contributed by atoms with Gasteiger partial charge in [0.15, 0.2) is 11.5 Å². The Balaban J connectivity index is 2.53. The molecule has 0 radical (unpaired) electrons. The van der Waals surface area contributed by atoms with E-state index in [0.29, 0.717) is 11.5 Å². The first-order chi connectivity index (χ1) is 9.71. The van der Waals surface area contributed by atoms with Crippen molar-refractivity contribution < 1.29 is 14.6 Å². The molecule has 3 heteroatoms. The average Bonchev–Trinajstić information content (AvgIpc) is 2.50. The summed E-state index contributed by atoms with van der Waals surface area (Å²) in [6.07, 6.45) is 0.939. The molecule has 0 aromatic heterocycles. The summed E-state index contributed by atoms with van der Waals surface area (Å²) in [6.45, 7) is 2.14. The fourth-order valence-electron chi connectivity index (χ4n) is 2.50. The highest BCUT2D eigenvalue weighted by molar-refractivity contribution is 5.53. The SMILES string of the molecule is CCC(c1ccccc1)c1cc(OC)c(O)cc1OC. The van der Waals surface area contributed by atoms with Crippen molar-refractivity contribution in [3.63, 3.8) is 0 Å². The molecule has 0 amide bonds. The van der Waals surface area contributed by atoms with Crippen molar-refractivity contribution >= 4 is 0 Å². The summed E-state index contributed by atoms with van der Waals surface area (Å²) >= 11 is 0. The third-order valence-corrected chi connectivity index (χ3v) is 3.52. The van der Waals surface area contributed by atoms with Gasteiger partial charge in [-0.15, -0.1) is 0 Å². The van der Waals surface area contributed by atoms with E-state index in [-0.39, 0.29) is 11.7 Å². The molecule has 0 spiro atoms. The number of hydrogen-bond acceptors (Lipinski definition) is 3. The van der Waals surface area contributed by atoms with Gasteiger partial charge in [0.2, 0.25) is 0 Å². The van der Waals surface area contributed by atoms with Crippen molar-refractivity contribution in [3.8, 4) is 17.2 Å². The number of hydrogen-bond donors (Lipinski definition) is 1. The molecule has 0 saturated carbocycles. The smallest absolute Gasteiger partial charge is 0.161 e. The second-order valence-electron chi connectivity index (χ2n) is 4.64. The Hall–Kier alpha value is -2.16. The predicted octanol–water partition coefficient (Wildman–Crippen LogP) is 3.95. The topological polar surface area (TPSA) is 38.7 Å². The Morgan fingerprint density at radius 3 is 2.20 bits per heavy atom. The van der Waals surface area contributed by atoms with Crippen molar-refractivity contribution in [2.75, 3.05) is 14.2 Å².